The Morgan fingerprint density at radius 2 is 2.00 bits per heavy atom. The van der Waals surface area contributed by atoms with Crippen LogP contribution in [0.25, 0.3) is 11.0 Å². The molecule has 3 aromatic rings. The molecule has 1 aliphatic heterocycles. The summed E-state index contributed by atoms with van der Waals surface area (Å²) >= 11 is 0. The normalized spacial score (nSPS) is 19.0. The number of imidazole rings is 1. The average molecular weight is 494 g/mol. The summed E-state index contributed by atoms with van der Waals surface area (Å²) in [5.74, 6) is 0.705. The third-order valence-corrected chi connectivity index (χ3v) is 6.89. The maximum atomic E-state index is 14.1. The molecule has 1 fully saturated rings. The number of carbonyl (C=O) groups is 1. The molecule has 1 aliphatic rings. The quantitative estimate of drug-likeness (QED) is 0.396. The smallest absolute Gasteiger partial charge is 0.290 e. The lowest BCUT2D eigenvalue weighted by Crippen LogP contribution is -2.53. The molecule has 3 heterocycles. The molecule has 36 heavy (non-hydrogen) atoms. The number of hydrogen-bond donors (Lipinski definition) is 2. The van der Waals surface area contributed by atoms with E-state index >= 15 is 0 Å². The number of methoxy groups -OCH3 is 1. The van der Waals surface area contributed by atoms with Gasteiger partial charge in [0.2, 0.25) is 0 Å². The molecule has 194 valence electrons. The number of piperidine rings is 1. The molecule has 1 amide bonds. The van der Waals surface area contributed by atoms with Crippen molar-refractivity contribution < 1.29 is 14.6 Å². The highest BCUT2D eigenvalue weighted by Gasteiger charge is 2.35. The highest BCUT2D eigenvalue weighted by Crippen LogP contribution is 2.29. The SMILES string of the molecule is COCCCCn1c(C(=O)N(CC(C)C)C2CNCC(C(O)c3ccccn3)C2)nc2ccccc21. The second-order valence-corrected chi connectivity index (χ2v) is 10.1. The summed E-state index contributed by atoms with van der Waals surface area (Å²) in [4.78, 5) is 25.2. The topological polar surface area (TPSA) is 92.5 Å². The number of nitrogens with one attached hydrogen (secondary N) is 1. The van der Waals surface area contributed by atoms with Crippen molar-refractivity contribution in [2.45, 2.75) is 51.8 Å². The average Bonchev–Trinajstić information content (AvgIpc) is 3.28. The Hall–Kier alpha value is -2.81. The fourth-order valence-corrected chi connectivity index (χ4v) is 5.12. The lowest BCUT2D eigenvalue weighted by atomic mass is 9.88. The molecule has 1 saturated heterocycles. The number of hydrogen-bond acceptors (Lipinski definition) is 6. The minimum absolute atomic E-state index is 0.0334. The van der Waals surface area contributed by atoms with Gasteiger partial charge in [-0.3, -0.25) is 9.78 Å². The summed E-state index contributed by atoms with van der Waals surface area (Å²) in [5.41, 5.74) is 2.49. The molecule has 4 rings (SSSR count). The molecule has 3 unspecified atom stereocenters. The number of aryl methyl sites for hydroxylation is 1. The monoisotopic (exact) mass is 493 g/mol. The van der Waals surface area contributed by atoms with Crippen molar-refractivity contribution in [1.82, 2.24) is 24.8 Å². The summed E-state index contributed by atoms with van der Waals surface area (Å²) in [6, 6.07) is 13.5. The Morgan fingerprint density at radius 3 is 2.75 bits per heavy atom. The first-order valence-corrected chi connectivity index (χ1v) is 13.0. The summed E-state index contributed by atoms with van der Waals surface area (Å²) in [6.45, 7) is 7.68. The number of amides is 1. The highest BCUT2D eigenvalue weighted by molar-refractivity contribution is 5.95. The van der Waals surface area contributed by atoms with Crippen LogP contribution in [0.15, 0.2) is 48.7 Å². The summed E-state index contributed by atoms with van der Waals surface area (Å²) in [5, 5.41) is 14.5. The van der Waals surface area contributed by atoms with Crippen LogP contribution in [-0.2, 0) is 11.3 Å². The first-order valence-electron chi connectivity index (χ1n) is 13.0. The molecule has 0 bridgehead atoms. The number of nitrogens with zero attached hydrogens (tertiary/aromatic N) is 4. The molecule has 2 N–H and O–H groups in total. The van der Waals surface area contributed by atoms with Crippen LogP contribution < -0.4 is 5.32 Å². The van der Waals surface area contributed by atoms with Crippen LogP contribution in [0.2, 0.25) is 0 Å². The van der Waals surface area contributed by atoms with E-state index in [1.807, 2.05) is 47.4 Å². The van der Waals surface area contributed by atoms with Gasteiger partial charge in [-0.1, -0.05) is 32.0 Å². The zero-order valence-corrected chi connectivity index (χ0v) is 21.6. The summed E-state index contributed by atoms with van der Waals surface area (Å²) in [6.07, 6.45) is 3.56. The maximum absolute atomic E-state index is 14.1. The Morgan fingerprint density at radius 1 is 1.19 bits per heavy atom. The van der Waals surface area contributed by atoms with E-state index < -0.39 is 6.10 Å². The summed E-state index contributed by atoms with van der Waals surface area (Å²) < 4.78 is 7.28. The van der Waals surface area contributed by atoms with E-state index in [-0.39, 0.29) is 17.9 Å². The van der Waals surface area contributed by atoms with Gasteiger partial charge in [0, 0.05) is 58.1 Å². The number of aliphatic hydroxyl groups is 1. The number of carbonyl (C=O) groups excluding carboxylic acids is 1. The van der Waals surface area contributed by atoms with E-state index in [0.717, 1.165) is 23.9 Å². The van der Waals surface area contributed by atoms with Gasteiger partial charge in [0.1, 0.15) is 6.10 Å². The number of benzene rings is 1. The molecule has 1 aromatic carbocycles. The van der Waals surface area contributed by atoms with Crippen molar-refractivity contribution in [1.29, 1.82) is 0 Å². The lowest BCUT2D eigenvalue weighted by Gasteiger charge is -2.40. The van der Waals surface area contributed by atoms with Crippen molar-refractivity contribution in [3.05, 3.63) is 60.2 Å². The Labute approximate surface area is 213 Å². The number of unbranched alkanes of at least 4 members (excludes halogenated alkanes) is 1. The van der Waals surface area contributed by atoms with Crippen molar-refractivity contribution >= 4 is 16.9 Å². The molecule has 3 atom stereocenters. The molecule has 8 heteroatoms. The van der Waals surface area contributed by atoms with Gasteiger partial charge in [-0.2, -0.15) is 0 Å². The zero-order valence-electron chi connectivity index (χ0n) is 21.6. The number of aromatic nitrogens is 3. The van der Waals surface area contributed by atoms with Crippen LogP contribution in [0, 0.1) is 11.8 Å². The third kappa shape index (κ3) is 6.11. The third-order valence-electron chi connectivity index (χ3n) is 6.89. The molecular weight excluding hydrogens is 454 g/mol. The number of para-hydroxylation sites is 2. The van der Waals surface area contributed by atoms with E-state index in [2.05, 4.69) is 28.7 Å². The van der Waals surface area contributed by atoms with E-state index in [1.54, 1.807) is 13.3 Å². The lowest BCUT2D eigenvalue weighted by molar-refractivity contribution is 0.0378. The maximum Gasteiger partial charge on any atom is 0.290 e. The van der Waals surface area contributed by atoms with Crippen molar-refractivity contribution in [2.75, 3.05) is 33.4 Å². The van der Waals surface area contributed by atoms with E-state index in [9.17, 15) is 9.90 Å². The van der Waals surface area contributed by atoms with Crippen molar-refractivity contribution in [3.8, 4) is 0 Å². The van der Waals surface area contributed by atoms with E-state index in [0.29, 0.717) is 56.6 Å². The molecule has 0 saturated carbocycles. The van der Waals surface area contributed by atoms with Gasteiger partial charge in [0.15, 0.2) is 5.82 Å². The van der Waals surface area contributed by atoms with Gasteiger partial charge in [0.25, 0.3) is 5.91 Å². The van der Waals surface area contributed by atoms with Crippen LogP contribution in [0.5, 0.6) is 0 Å². The Balaban J connectivity index is 1.60. The Kier molecular flexibility index (Phi) is 9.07. The number of pyridine rings is 1. The number of ether oxygens (including phenoxy) is 1. The largest absolute Gasteiger partial charge is 0.386 e. The molecule has 2 aromatic heterocycles. The fraction of sp³-hybridized carbons (Fsp3) is 0.536. The van der Waals surface area contributed by atoms with Gasteiger partial charge in [0.05, 0.1) is 16.7 Å². The van der Waals surface area contributed by atoms with Crippen LogP contribution in [0.1, 0.15) is 55.5 Å². The molecule has 8 nitrogen and oxygen atoms in total. The number of fused-ring (bicyclic) bond motifs is 1. The zero-order chi connectivity index (χ0) is 25.5. The first kappa shape index (κ1) is 26.3. The minimum atomic E-state index is -0.678. The predicted octanol–water partition coefficient (Wildman–Crippen LogP) is 3.67. The van der Waals surface area contributed by atoms with Gasteiger partial charge in [-0.25, -0.2) is 4.98 Å². The molecular formula is C28H39N5O3. The van der Waals surface area contributed by atoms with Gasteiger partial charge in [-0.05, 0) is 49.4 Å². The van der Waals surface area contributed by atoms with Crippen LogP contribution >= 0.6 is 0 Å². The highest BCUT2D eigenvalue weighted by atomic mass is 16.5. The van der Waals surface area contributed by atoms with Crippen LogP contribution in [0.4, 0.5) is 0 Å². The predicted molar refractivity (Wildman–Crippen MR) is 141 cm³/mol. The first-order chi connectivity index (χ1) is 17.5. The Bertz CT molecular complexity index is 1120. The van der Waals surface area contributed by atoms with Crippen molar-refractivity contribution in [3.63, 3.8) is 0 Å². The van der Waals surface area contributed by atoms with Gasteiger partial charge < -0.3 is 24.6 Å². The second-order valence-electron chi connectivity index (χ2n) is 10.1. The minimum Gasteiger partial charge on any atom is -0.386 e. The van der Waals surface area contributed by atoms with Crippen molar-refractivity contribution in [2.24, 2.45) is 11.8 Å². The van der Waals surface area contributed by atoms with E-state index in [4.69, 9.17) is 9.72 Å². The fourth-order valence-electron chi connectivity index (χ4n) is 5.12. The number of aliphatic hydroxyl groups excluding tert-OH is 1. The van der Waals surface area contributed by atoms with Crippen LogP contribution in [0.3, 0.4) is 0 Å². The standard InChI is InChI=1S/C28H39N5O3/c1-20(2)19-33(22-16-21(17-29-18-22)26(34)24-11-6-7-13-30-24)28(35)27-31-23-10-4-5-12-25(23)32(27)14-8-9-15-36-3/h4-7,10-13,20-22,26,29,34H,8-9,14-19H2,1-3H3. The second kappa shape index (κ2) is 12.4. The molecule has 0 aliphatic carbocycles. The van der Waals surface area contributed by atoms with Gasteiger partial charge in [-0.15, -0.1) is 0 Å². The summed E-state index contributed by atoms with van der Waals surface area (Å²) in [7, 11) is 1.71. The molecule has 0 radical (unpaired) electrons. The van der Waals surface area contributed by atoms with E-state index in [1.165, 1.54) is 0 Å². The van der Waals surface area contributed by atoms with Gasteiger partial charge >= 0.3 is 0 Å². The number of rotatable bonds is 11. The molecule has 0 spiro atoms. The van der Waals surface area contributed by atoms with Crippen LogP contribution in [-0.4, -0.2) is 69.8 Å².